The van der Waals surface area contributed by atoms with Crippen LogP contribution < -0.4 is 10.6 Å². The van der Waals surface area contributed by atoms with E-state index < -0.39 is 0 Å². The number of oxazole rings is 1. The standard InChI is InChI=1S/C26H33N3O3/c1-17-6-5-8-19(14-17)7-3-4-13-27-24(30)21-10-9-18(2)22(15-21)28-25(31)23-16-32-26(29-23)20-11-12-20/h9-10,15-16,19-20H,1,3-8,11-14H2,2H3,(H,27,30)(H,28,31). The smallest absolute Gasteiger partial charge is 0.277 e. The Labute approximate surface area is 189 Å². The number of nitrogens with one attached hydrogen (secondary N) is 2. The SMILES string of the molecule is C=C1CCCC(CCCCNC(=O)c2ccc(C)c(NC(=O)c3coc(C4CC4)n3)c2)C1. The number of carbonyl (C=O) groups excluding carboxylic acids is 2. The van der Waals surface area contributed by atoms with Crippen LogP contribution in [0.5, 0.6) is 0 Å². The molecule has 1 unspecified atom stereocenters. The third-order valence-electron chi connectivity index (χ3n) is 6.47. The highest BCUT2D eigenvalue weighted by molar-refractivity contribution is 6.04. The van der Waals surface area contributed by atoms with Crippen LogP contribution in [-0.4, -0.2) is 23.3 Å². The van der Waals surface area contributed by atoms with Crippen molar-refractivity contribution in [1.29, 1.82) is 0 Å². The van der Waals surface area contributed by atoms with Gasteiger partial charge in [-0.15, -0.1) is 0 Å². The molecule has 1 aromatic heterocycles. The summed E-state index contributed by atoms with van der Waals surface area (Å²) in [6.45, 7) is 6.69. The molecule has 6 nitrogen and oxygen atoms in total. The van der Waals surface area contributed by atoms with Crippen molar-refractivity contribution < 1.29 is 14.0 Å². The van der Waals surface area contributed by atoms with Crippen LogP contribution >= 0.6 is 0 Å². The van der Waals surface area contributed by atoms with Gasteiger partial charge in [0, 0.05) is 23.7 Å². The van der Waals surface area contributed by atoms with Gasteiger partial charge in [0.1, 0.15) is 6.26 Å². The van der Waals surface area contributed by atoms with Crippen molar-refractivity contribution in [1.82, 2.24) is 10.3 Å². The minimum absolute atomic E-state index is 0.121. The molecule has 4 rings (SSSR count). The molecule has 0 radical (unpaired) electrons. The molecular formula is C26H33N3O3. The first-order chi connectivity index (χ1) is 15.5. The van der Waals surface area contributed by atoms with Crippen LogP contribution in [0.4, 0.5) is 5.69 Å². The van der Waals surface area contributed by atoms with Crippen molar-refractivity contribution in [2.75, 3.05) is 11.9 Å². The molecule has 0 spiro atoms. The van der Waals surface area contributed by atoms with E-state index in [1.54, 1.807) is 12.1 Å². The molecule has 2 saturated carbocycles. The van der Waals surface area contributed by atoms with Crippen molar-refractivity contribution in [3.05, 3.63) is 59.3 Å². The fourth-order valence-corrected chi connectivity index (χ4v) is 4.36. The van der Waals surface area contributed by atoms with E-state index in [9.17, 15) is 9.59 Å². The molecule has 2 aliphatic rings. The van der Waals surface area contributed by atoms with Crippen LogP contribution in [0.3, 0.4) is 0 Å². The first kappa shape index (κ1) is 22.3. The summed E-state index contributed by atoms with van der Waals surface area (Å²) in [5.41, 5.74) is 3.69. The van der Waals surface area contributed by atoms with Crippen LogP contribution in [0.25, 0.3) is 0 Å². The van der Waals surface area contributed by atoms with Crippen LogP contribution in [-0.2, 0) is 0 Å². The lowest BCUT2D eigenvalue weighted by Gasteiger charge is -2.23. The lowest BCUT2D eigenvalue weighted by Crippen LogP contribution is -2.25. The molecular weight excluding hydrogens is 402 g/mol. The maximum atomic E-state index is 12.6. The number of nitrogens with zero attached hydrogens (tertiary/aromatic N) is 1. The van der Waals surface area contributed by atoms with E-state index in [0.29, 0.717) is 29.6 Å². The number of unbranched alkanes of at least 4 members (excludes halogenated alkanes) is 1. The molecule has 1 aromatic carbocycles. The molecule has 0 saturated heterocycles. The summed E-state index contributed by atoms with van der Waals surface area (Å²) in [5.74, 6) is 1.30. The Hall–Kier alpha value is -2.89. The quantitative estimate of drug-likeness (QED) is 0.387. The van der Waals surface area contributed by atoms with E-state index in [1.807, 2.05) is 13.0 Å². The second-order valence-electron chi connectivity index (χ2n) is 9.29. The molecule has 1 heterocycles. The molecule has 0 bridgehead atoms. The largest absolute Gasteiger partial charge is 0.448 e. The van der Waals surface area contributed by atoms with Gasteiger partial charge in [-0.25, -0.2) is 4.98 Å². The molecule has 2 aliphatic carbocycles. The molecule has 2 aromatic rings. The number of amides is 2. The Bertz CT molecular complexity index is 990. The van der Waals surface area contributed by atoms with Gasteiger partial charge in [0.15, 0.2) is 11.6 Å². The zero-order chi connectivity index (χ0) is 22.5. The topological polar surface area (TPSA) is 84.2 Å². The zero-order valence-electron chi connectivity index (χ0n) is 18.9. The third kappa shape index (κ3) is 5.87. The maximum absolute atomic E-state index is 12.6. The predicted molar refractivity (Wildman–Crippen MR) is 125 cm³/mol. The van der Waals surface area contributed by atoms with E-state index in [1.165, 1.54) is 43.9 Å². The highest BCUT2D eigenvalue weighted by atomic mass is 16.3. The Kier molecular flexibility index (Phi) is 7.08. The normalized spacial score (nSPS) is 18.4. The van der Waals surface area contributed by atoms with Crippen LogP contribution in [0.15, 0.2) is 41.0 Å². The number of carbonyl (C=O) groups is 2. The van der Waals surface area contributed by atoms with E-state index in [2.05, 4.69) is 22.2 Å². The molecule has 6 heteroatoms. The minimum Gasteiger partial charge on any atom is -0.448 e. The van der Waals surface area contributed by atoms with E-state index in [0.717, 1.165) is 37.2 Å². The second-order valence-corrected chi connectivity index (χ2v) is 9.29. The Morgan fingerprint density at radius 1 is 1.19 bits per heavy atom. The number of hydrogen-bond donors (Lipinski definition) is 2. The highest BCUT2D eigenvalue weighted by Crippen LogP contribution is 2.39. The summed E-state index contributed by atoms with van der Waals surface area (Å²) in [5, 5.41) is 5.87. The summed E-state index contributed by atoms with van der Waals surface area (Å²) in [6, 6.07) is 5.35. The highest BCUT2D eigenvalue weighted by Gasteiger charge is 2.29. The summed E-state index contributed by atoms with van der Waals surface area (Å²) >= 11 is 0. The van der Waals surface area contributed by atoms with Crippen molar-refractivity contribution in [3.63, 3.8) is 0 Å². The number of allylic oxidation sites excluding steroid dienone is 1. The Morgan fingerprint density at radius 3 is 2.81 bits per heavy atom. The molecule has 2 fully saturated rings. The number of aryl methyl sites for hydroxylation is 1. The van der Waals surface area contributed by atoms with Gasteiger partial charge in [-0.1, -0.05) is 31.1 Å². The van der Waals surface area contributed by atoms with Crippen molar-refractivity contribution in [3.8, 4) is 0 Å². The molecule has 0 aliphatic heterocycles. The fraction of sp³-hybridized carbons (Fsp3) is 0.500. The first-order valence-corrected chi connectivity index (χ1v) is 11.8. The molecule has 2 N–H and O–H groups in total. The molecule has 32 heavy (non-hydrogen) atoms. The van der Waals surface area contributed by atoms with Crippen molar-refractivity contribution in [2.24, 2.45) is 5.92 Å². The van der Waals surface area contributed by atoms with Crippen molar-refractivity contribution >= 4 is 17.5 Å². The van der Waals surface area contributed by atoms with Gasteiger partial charge in [0.2, 0.25) is 0 Å². The fourth-order valence-electron chi connectivity index (χ4n) is 4.36. The number of hydrogen-bond acceptors (Lipinski definition) is 4. The van der Waals surface area contributed by atoms with Gasteiger partial charge in [-0.05, 0) is 75.5 Å². The first-order valence-electron chi connectivity index (χ1n) is 11.8. The van der Waals surface area contributed by atoms with Gasteiger partial charge < -0.3 is 15.1 Å². The average molecular weight is 436 g/mol. The van der Waals surface area contributed by atoms with Crippen LogP contribution in [0.1, 0.15) is 96.0 Å². The summed E-state index contributed by atoms with van der Waals surface area (Å²) < 4.78 is 5.41. The van der Waals surface area contributed by atoms with Gasteiger partial charge in [-0.2, -0.15) is 0 Å². The summed E-state index contributed by atoms with van der Waals surface area (Å²) in [7, 11) is 0. The maximum Gasteiger partial charge on any atom is 0.277 e. The zero-order valence-corrected chi connectivity index (χ0v) is 18.9. The molecule has 1 atom stereocenters. The van der Waals surface area contributed by atoms with Crippen LogP contribution in [0.2, 0.25) is 0 Å². The predicted octanol–water partition coefficient (Wildman–Crippen LogP) is 5.76. The Balaban J connectivity index is 1.25. The van der Waals surface area contributed by atoms with E-state index in [-0.39, 0.29) is 17.5 Å². The minimum atomic E-state index is -0.327. The van der Waals surface area contributed by atoms with Crippen molar-refractivity contribution in [2.45, 2.75) is 70.6 Å². The summed E-state index contributed by atoms with van der Waals surface area (Å²) in [6.07, 6.45) is 11.8. The summed E-state index contributed by atoms with van der Waals surface area (Å²) in [4.78, 5) is 29.4. The van der Waals surface area contributed by atoms with E-state index in [4.69, 9.17) is 4.42 Å². The monoisotopic (exact) mass is 435 g/mol. The second kappa shape index (κ2) is 10.2. The lowest BCUT2D eigenvalue weighted by molar-refractivity contribution is 0.0951. The average Bonchev–Trinajstić information content (AvgIpc) is 3.51. The lowest BCUT2D eigenvalue weighted by atomic mass is 9.83. The van der Waals surface area contributed by atoms with Crippen LogP contribution in [0, 0.1) is 12.8 Å². The van der Waals surface area contributed by atoms with Gasteiger partial charge in [0.05, 0.1) is 0 Å². The van der Waals surface area contributed by atoms with E-state index >= 15 is 0 Å². The number of benzene rings is 1. The molecule has 170 valence electrons. The Morgan fingerprint density at radius 2 is 2.03 bits per heavy atom. The van der Waals surface area contributed by atoms with Gasteiger partial charge >= 0.3 is 0 Å². The number of anilines is 1. The third-order valence-corrected chi connectivity index (χ3v) is 6.47. The molecule has 2 amide bonds. The number of rotatable bonds is 9. The number of aromatic nitrogens is 1. The van der Waals surface area contributed by atoms with Gasteiger partial charge in [0.25, 0.3) is 11.8 Å². The van der Waals surface area contributed by atoms with Gasteiger partial charge in [-0.3, -0.25) is 9.59 Å².